The predicted octanol–water partition coefficient (Wildman–Crippen LogP) is 2.28. The van der Waals surface area contributed by atoms with Gasteiger partial charge in [-0.3, -0.25) is 4.79 Å². The summed E-state index contributed by atoms with van der Waals surface area (Å²) in [4.78, 5) is 11.9. The highest BCUT2D eigenvalue weighted by Gasteiger charge is 2.05. The van der Waals surface area contributed by atoms with E-state index in [0.717, 1.165) is 4.88 Å². The third-order valence-corrected chi connectivity index (χ3v) is 3.45. The van der Waals surface area contributed by atoms with Crippen LogP contribution in [-0.4, -0.2) is 5.91 Å². The summed E-state index contributed by atoms with van der Waals surface area (Å²) in [6, 6.07) is 8.40. The highest BCUT2D eigenvalue weighted by molar-refractivity contribution is 7.10. The van der Waals surface area contributed by atoms with E-state index in [1.165, 1.54) is 17.4 Å². The summed E-state index contributed by atoms with van der Waals surface area (Å²) in [6.07, 6.45) is 0. The van der Waals surface area contributed by atoms with Crippen LogP contribution in [0.4, 0.5) is 4.39 Å². The van der Waals surface area contributed by atoms with E-state index in [9.17, 15) is 9.18 Å². The number of hydrogen-bond donors (Lipinski definition) is 2. The Morgan fingerprint density at radius 3 is 2.78 bits per heavy atom. The number of nitrogens with two attached hydrogens (primary N) is 1. The van der Waals surface area contributed by atoms with Crippen LogP contribution < -0.4 is 11.1 Å². The Labute approximate surface area is 108 Å². The molecular formula is C13H13FN2OS. The largest absolute Gasteiger partial charge is 0.366 e. The van der Waals surface area contributed by atoms with Crippen LogP contribution in [0.5, 0.6) is 0 Å². The molecule has 1 aromatic heterocycles. The molecule has 2 rings (SSSR count). The van der Waals surface area contributed by atoms with Gasteiger partial charge in [0, 0.05) is 28.9 Å². The number of rotatable bonds is 5. The molecule has 3 nitrogen and oxygen atoms in total. The van der Waals surface area contributed by atoms with E-state index >= 15 is 0 Å². The van der Waals surface area contributed by atoms with Crippen molar-refractivity contribution >= 4 is 17.2 Å². The third kappa shape index (κ3) is 3.15. The monoisotopic (exact) mass is 264 g/mol. The topological polar surface area (TPSA) is 55.1 Å². The van der Waals surface area contributed by atoms with Crippen molar-refractivity contribution in [3.05, 3.63) is 57.5 Å². The van der Waals surface area contributed by atoms with Crippen molar-refractivity contribution < 1.29 is 9.18 Å². The minimum atomic E-state index is -0.424. The lowest BCUT2D eigenvalue weighted by atomic mass is 10.2. The van der Waals surface area contributed by atoms with Crippen LogP contribution in [0.1, 0.15) is 20.8 Å². The highest BCUT2D eigenvalue weighted by Crippen LogP contribution is 2.14. The summed E-state index contributed by atoms with van der Waals surface area (Å²) < 4.78 is 13.3. The Morgan fingerprint density at radius 2 is 2.11 bits per heavy atom. The maximum absolute atomic E-state index is 13.3. The average Bonchev–Trinajstić information content (AvgIpc) is 2.80. The van der Waals surface area contributed by atoms with E-state index in [1.54, 1.807) is 29.6 Å². The number of halogens is 1. The zero-order valence-corrected chi connectivity index (χ0v) is 10.5. The maximum atomic E-state index is 13.3. The number of hydrogen-bond acceptors (Lipinski definition) is 3. The zero-order valence-electron chi connectivity index (χ0n) is 9.65. The minimum Gasteiger partial charge on any atom is -0.366 e. The first-order valence-electron chi connectivity index (χ1n) is 5.48. The van der Waals surface area contributed by atoms with Gasteiger partial charge in [0.2, 0.25) is 5.91 Å². The second-order valence-corrected chi connectivity index (χ2v) is 4.86. The molecule has 0 bridgehead atoms. The molecule has 0 aliphatic heterocycles. The fraction of sp³-hybridized carbons (Fsp3) is 0.154. The Kier molecular flexibility index (Phi) is 4.07. The summed E-state index contributed by atoms with van der Waals surface area (Å²) in [7, 11) is 0. The van der Waals surface area contributed by atoms with Crippen LogP contribution in [0.2, 0.25) is 0 Å². The Balaban J connectivity index is 1.88. The lowest BCUT2D eigenvalue weighted by Crippen LogP contribution is -2.13. The Bertz CT molecular complexity index is 553. The molecule has 0 saturated carbocycles. The van der Waals surface area contributed by atoms with E-state index in [1.807, 2.05) is 0 Å². The standard InChI is InChI=1S/C13H13FN2OS/c14-12-4-2-1-3-9(12)6-16-7-11-5-10(8-18-11)13(15)17/h1-5,8,16H,6-7H2,(H2,15,17). The van der Waals surface area contributed by atoms with Crippen molar-refractivity contribution in [2.75, 3.05) is 0 Å². The van der Waals surface area contributed by atoms with E-state index in [2.05, 4.69) is 5.32 Å². The van der Waals surface area contributed by atoms with Crippen LogP contribution in [-0.2, 0) is 13.1 Å². The van der Waals surface area contributed by atoms with E-state index in [4.69, 9.17) is 5.73 Å². The van der Waals surface area contributed by atoms with Crippen molar-refractivity contribution in [1.82, 2.24) is 5.32 Å². The first-order valence-corrected chi connectivity index (χ1v) is 6.36. The summed E-state index contributed by atoms with van der Waals surface area (Å²) in [5, 5.41) is 4.85. The van der Waals surface area contributed by atoms with E-state index in [-0.39, 0.29) is 5.82 Å². The van der Waals surface area contributed by atoms with E-state index < -0.39 is 5.91 Å². The van der Waals surface area contributed by atoms with Gasteiger partial charge >= 0.3 is 0 Å². The second kappa shape index (κ2) is 5.75. The van der Waals surface area contributed by atoms with Crippen LogP contribution in [0.25, 0.3) is 0 Å². The lowest BCUT2D eigenvalue weighted by molar-refractivity contribution is 0.100. The van der Waals surface area contributed by atoms with Crippen molar-refractivity contribution in [2.24, 2.45) is 5.73 Å². The molecule has 2 aromatic rings. The molecule has 1 amide bonds. The summed E-state index contributed by atoms with van der Waals surface area (Å²) in [5.74, 6) is -0.638. The number of nitrogens with one attached hydrogen (secondary N) is 1. The molecule has 0 fully saturated rings. The third-order valence-electron chi connectivity index (χ3n) is 2.51. The fourth-order valence-electron chi connectivity index (χ4n) is 1.56. The number of benzene rings is 1. The molecule has 0 unspecified atom stereocenters. The lowest BCUT2D eigenvalue weighted by Gasteiger charge is -2.04. The van der Waals surface area contributed by atoms with Crippen molar-refractivity contribution in [3.63, 3.8) is 0 Å². The maximum Gasteiger partial charge on any atom is 0.249 e. The van der Waals surface area contributed by atoms with E-state index in [0.29, 0.717) is 24.2 Å². The molecule has 18 heavy (non-hydrogen) atoms. The number of carbonyl (C=O) groups is 1. The normalized spacial score (nSPS) is 10.5. The Morgan fingerprint density at radius 1 is 1.33 bits per heavy atom. The quantitative estimate of drug-likeness (QED) is 0.870. The second-order valence-electron chi connectivity index (χ2n) is 3.86. The average molecular weight is 264 g/mol. The van der Waals surface area contributed by atoms with Gasteiger partial charge in [-0.2, -0.15) is 0 Å². The molecule has 0 aliphatic carbocycles. The molecule has 0 aliphatic rings. The smallest absolute Gasteiger partial charge is 0.249 e. The number of primary amides is 1. The molecular weight excluding hydrogens is 251 g/mol. The van der Waals surface area contributed by atoms with Crippen LogP contribution in [0, 0.1) is 5.82 Å². The first kappa shape index (κ1) is 12.7. The van der Waals surface area contributed by atoms with Gasteiger partial charge < -0.3 is 11.1 Å². The van der Waals surface area contributed by atoms with Crippen molar-refractivity contribution in [1.29, 1.82) is 0 Å². The summed E-state index contributed by atoms with van der Waals surface area (Å²) in [5.41, 5.74) is 6.31. The van der Waals surface area contributed by atoms with Gasteiger partial charge in [-0.15, -0.1) is 11.3 Å². The SMILES string of the molecule is NC(=O)c1csc(CNCc2ccccc2F)c1. The minimum absolute atomic E-state index is 0.214. The molecule has 3 N–H and O–H groups in total. The predicted molar refractivity (Wildman–Crippen MR) is 69.8 cm³/mol. The Hall–Kier alpha value is -1.72. The molecule has 0 spiro atoms. The van der Waals surface area contributed by atoms with Crippen LogP contribution in [0.15, 0.2) is 35.7 Å². The molecule has 0 radical (unpaired) electrons. The summed E-state index contributed by atoms with van der Waals surface area (Å²) >= 11 is 1.46. The van der Waals surface area contributed by atoms with Crippen molar-refractivity contribution in [2.45, 2.75) is 13.1 Å². The highest BCUT2D eigenvalue weighted by atomic mass is 32.1. The molecule has 0 saturated heterocycles. The van der Waals surface area contributed by atoms with Crippen LogP contribution >= 0.6 is 11.3 Å². The van der Waals surface area contributed by atoms with Gasteiger partial charge in [0.05, 0.1) is 5.56 Å². The molecule has 1 aromatic carbocycles. The number of amides is 1. The fourth-order valence-corrected chi connectivity index (χ4v) is 2.41. The van der Waals surface area contributed by atoms with Gasteiger partial charge in [-0.05, 0) is 12.1 Å². The molecule has 1 heterocycles. The number of thiophene rings is 1. The number of carbonyl (C=O) groups excluding carboxylic acids is 1. The van der Waals surface area contributed by atoms with Gasteiger partial charge in [-0.1, -0.05) is 18.2 Å². The molecule has 5 heteroatoms. The molecule has 94 valence electrons. The first-order chi connectivity index (χ1) is 8.66. The summed E-state index contributed by atoms with van der Waals surface area (Å²) in [6.45, 7) is 1.04. The van der Waals surface area contributed by atoms with Gasteiger partial charge in [0.25, 0.3) is 0 Å². The van der Waals surface area contributed by atoms with Gasteiger partial charge in [-0.25, -0.2) is 4.39 Å². The zero-order chi connectivity index (χ0) is 13.0. The van der Waals surface area contributed by atoms with Gasteiger partial charge in [0.15, 0.2) is 0 Å². The van der Waals surface area contributed by atoms with Crippen molar-refractivity contribution in [3.8, 4) is 0 Å². The molecule has 0 atom stereocenters. The van der Waals surface area contributed by atoms with Crippen LogP contribution in [0.3, 0.4) is 0 Å². The van der Waals surface area contributed by atoms with Gasteiger partial charge in [0.1, 0.15) is 5.82 Å².